The van der Waals surface area contributed by atoms with E-state index in [9.17, 15) is 15.0 Å². The number of carbonyl (C=O) groups is 1. The van der Waals surface area contributed by atoms with Gasteiger partial charge in [0.15, 0.2) is 0 Å². The third-order valence-corrected chi connectivity index (χ3v) is 3.81. The molecular weight excluding hydrogens is 328 g/mol. The molecule has 0 aliphatic heterocycles. The van der Waals surface area contributed by atoms with Crippen LogP contribution in [0.15, 0.2) is 59.7 Å². The second kappa shape index (κ2) is 6.60. The van der Waals surface area contributed by atoms with Crippen molar-refractivity contribution in [3.63, 3.8) is 0 Å². The van der Waals surface area contributed by atoms with Crippen molar-refractivity contribution in [1.29, 1.82) is 0 Å². The molecule has 6 heteroatoms. The first-order valence-electron chi connectivity index (χ1n) is 7.09. The van der Waals surface area contributed by atoms with Crippen LogP contribution >= 0.6 is 11.6 Å². The maximum Gasteiger partial charge on any atom is 0.271 e. The van der Waals surface area contributed by atoms with Crippen molar-refractivity contribution in [3.05, 3.63) is 70.7 Å². The van der Waals surface area contributed by atoms with Gasteiger partial charge in [-0.25, -0.2) is 5.43 Å². The Labute approximate surface area is 142 Å². The third-order valence-electron chi connectivity index (χ3n) is 3.51. The van der Waals surface area contributed by atoms with Crippen LogP contribution in [0.5, 0.6) is 11.5 Å². The number of hydrazone groups is 1. The first-order chi connectivity index (χ1) is 11.6. The lowest BCUT2D eigenvalue weighted by Crippen LogP contribution is -2.17. The molecule has 5 nitrogen and oxygen atoms in total. The van der Waals surface area contributed by atoms with Crippen LogP contribution in [0.4, 0.5) is 0 Å². The highest BCUT2D eigenvalue weighted by atomic mass is 35.5. The van der Waals surface area contributed by atoms with Crippen molar-refractivity contribution in [1.82, 2.24) is 5.43 Å². The molecule has 0 bridgehead atoms. The number of rotatable bonds is 3. The minimum atomic E-state index is -0.478. The monoisotopic (exact) mass is 340 g/mol. The van der Waals surface area contributed by atoms with Gasteiger partial charge in [0.1, 0.15) is 11.5 Å². The number of phenolic OH excluding ortho intramolecular Hbond substituents is 2. The number of hydrogen-bond acceptors (Lipinski definition) is 4. The van der Waals surface area contributed by atoms with E-state index >= 15 is 0 Å². The number of fused-ring (bicyclic) bond motifs is 1. The van der Waals surface area contributed by atoms with E-state index in [0.29, 0.717) is 10.9 Å². The van der Waals surface area contributed by atoms with Gasteiger partial charge >= 0.3 is 0 Å². The lowest BCUT2D eigenvalue weighted by Gasteiger charge is -2.04. The molecule has 0 radical (unpaired) electrons. The predicted octanol–water partition coefficient (Wildman–Crippen LogP) is 3.67. The SMILES string of the molecule is O=C(NN=Cc1ccc2ccccc2c1O)c1ccc(O)c(Cl)c1. The molecule has 0 saturated carbocycles. The van der Waals surface area contributed by atoms with Gasteiger partial charge in [-0.15, -0.1) is 0 Å². The maximum atomic E-state index is 12.0. The van der Waals surface area contributed by atoms with Gasteiger partial charge in [-0.1, -0.05) is 41.9 Å². The van der Waals surface area contributed by atoms with Crippen molar-refractivity contribution < 1.29 is 15.0 Å². The molecule has 3 aromatic carbocycles. The third kappa shape index (κ3) is 3.16. The zero-order chi connectivity index (χ0) is 17.1. The van der Waals surface area contributed by atoms with Crippen molar-refractivity contribution >= 4 is 34.5 Å². The number of nitrogens with one attached hydrogen (secondary N) is 1. The smallest absolute Gasteiger partial charge is 0.271 e. The lowest BCUT2D eigenvalue weighted by atomic mass is 10.1. The van der Waals surface area contributed by atoms with Gasteiger partial charge in [-0.05, 0) is 29.7 Å². The number of carbonyl (C=O) groups excluding carboxylic acids is 1. The molecule has 0 aliphatic rings. The summed E-state index contributed by atoms with van der Waals surface area (Å²) >= 11 is 5.76. The van der Waals surface area contributed by atoms with Gasteiger partial charge in [-0.2, -0.15) is 5.10 Å². The molecule has 0 unspecified atom stereocenters. The summed E-state index contributed by atoms with van der Waals surface area (Å²) in [5.74, 6) is -0.481. The highest BCUT2D eigenvalue weighted by Gasteiger charge is 2.08. The van der Waals surface area contributed by atoms with E-state index in [1.165, 1.54) is 24.4 Å². The first-order valence-corrected chi connectivity index (χ1v) is 7.46. The van der Waals surface area contributed by atoms with Crippen LogP contribution in [-0.2, 0) is 0 Å². The number of halogens is 1. The minimum absolute atomic E-state index is 0.0822. The van der Waals surface area contributed by atoms with E-state index in [-0.39, 0.29) is 22.1 Å². The highest BCUT2D eigenvalue weighted by Crippen LogP contribution is 2.27. The largest absolute Gasteiger partial charge is 0.507 e. The summed E-state index contributed by atoms with van der Waals surface area (Å²) in [7, 11) is 0. The molecule has 0 spiro atoms. The Morgan fingerprint density at radius 1 is 1.08 bits per heavy atom. The van der Waals surface area contributed by atoms with Crippen molar-refractivity contribution in [2.45, 2.75) is 0 Å². The quantitative estimate of drug-likeness (QED) is 0.502. The number of benzene rings is 3. The molecule has 3 rings (SSSR count). The van der Waals surface area contributed by atoms with Gasteiger partial charge in [0.05, 0.1) is 11.2 Å². The standard InChI is InChI=1S/C18H13ClN2O3/c19-15-9-12(7-8-16(15)22)18(24)21-20-10-13-6-5-11-3-1-2-4-14(11)17(13)23/h1-10,22-23H,(H,21,24). The van der Waals surface area contributed by atoms with Crippen molar-refractivity contribution in [3.8, 4) is 11.5 Å². The van der Waals surface area contributed by atoms with Gasteiger partial charge in [0.2, 0.25) is 0 Å². The van der Waals surface area contributed by atoms with E-state index < -0.39 is 5.91 Å². The van der Waals surface area contributed by atoms with Crippen LogP contribution in [0, 0.1) is 0 Å². The number of phenols is 2. The van der Waals surface area contributed by atoms with Crippen molar-refractivity contribution in [2.24, 2.45) is 5.10 Å². The van der Waals surface area contributed by atoms with Crippen LogP contribution in [0.25, 0.3) is 10.8 Å². The zero-order valence-corrected chi connectivity index (χ0v) is 13.2. The average Bonchev–Trinajstić information content (AvgIpc) is 2.59. The van der Waals surface area contributed by atoms with E-state index in [1.54, 1.807) is 12.1 Å². The Balaban J connectivity index is 1.77. The van der Waals surface area contributed by atoms with Crippen LogP contribution in [0.3, 0.4) is 0 Å². The zero-order valence-electron chi connectivity index (χ0n) is 12.4. The van der Waals surface area contributed by atoms with E-state index in [2.05, 4.69) is 10.5 Å². The number of aromatic hydroxyl groups is 2. The Kier molecular flexibility index (Phi) is 4.35. The summed E-state index contributed by atoms with van der Waals surface area (Å²) in [6.07, 6.45) is 1.36. The summed E-state index contributed by atoms with van der Waals surface area (Å²) < 4.78 is 0. The maximum absolute atomic E-state index is 12.0. The van der Waals surface area contributed by atoms with E-state index in [4.69, 9.17) is 11.6 Å². The molecule has 24 heavy (non-hydrogen) atoms. The Morgan fingerprint density at radius 2 is 1.88 bits per heavy atom. The van der Waals surface area contributed by atoms with Gasteiger partial charge in [-0.3, -0.25) is 4.79 Å². The lowest BCUT2D eigenvalue weighted by molar-refractivity contribution is 0.0955. The van der Waals surface area contributed by atoms with E-state index in [1.807, 2.05) is 24.3 Å². The molecule has 0 atom stereocenters. The molecule has 1 amide bonds. The molecule has 0 aromatic heterocycles. The van der Waals surface area contributed by atoms with Crippen LogP contribution in [-0.4, -0.2) is 22.3 Å². The molecule has 0 fully saturated rings. The van der Waals surface area contributed by atoms with Crippen LogP contribution in [0.1, 0.15) is 15.9 Å². The fraction of sp³-hybridized carbons (Fsp3) is 0. The molecule has 120 valence electrons. The predicted molar refractivity (Wildman–Crippen MR) is 93.8 cm³/mol. The first kappa shape index (κ1) is 15.8. The highest BCUT2D eigenvalue weighted by molar-refractivity contribution is 6.32. The van der Waals surface area contributed by atoms with Gasteiger partial charge in [0, 0.05) is 16.5 Å². The molecule has 0 saturated heterocycles. The average molecular weight is 341 g/mol. The number of hydrogen-bond donors (Lipinski definition) is 3. The van der Waals surface area contributed by atoms with Gasteiger partial charge < -0.3 is 10.2 Å². The summed E-state index contributed by atoms with van der Waals surface area (Å²) in [6, 6.07) is 15.1. The van der Waals surface area contributed by atoms with Crippen molar-refractivity contribution in [2.75, 3.05) is 0 Å². The molecule has 3 aromatic rings. The second-order valence-corrected chi connectivity index (χ2v) is 5.50. The molecular formula is C18H13ClN2O3. The molecule has 0 aliphatic carbocycles. The molecule has 0 heterocycles. The Morgan fingerprint density at radius 3 is 2.67 bits per heavy atom. The Hall–Kier alpha value is -3.05. The fourth-order valence-electron chi connectivity index (χ4n) is 2.25. The van der Waals surface area contributed by atoms with Crippen LogP contribution in [0.2, 0.25) is 5.02 Å². The summed E-state index contributed by atoms with van der Waals surface area (Å²) in [5.41, 5.74) is 3.09. The number of amides is 1. The Bertz CT molecular complexity index is 954. The summed E-state index contributed by atoms with van der Waals surface area (Å²) in [6.45, 7) is 0. The fourth-order valence-corrected chi connectivity index (χ4v) is 2.43. The second-order valence-electron chi connectivity index (χ2n) is 5.09. The summed E-state index contributed by atoms with van der Waals surface area (Å²) in [4.78, 5) is 12.0. The van der Waals surface area contributed by atoms with Crippen LogP contribution < -0.4 is 5.43 Å². The van der Waals surface area contributed by atoms with Gasteiger partial charge in [0.25, 0.3) is 5.91 Å². The molecule has 3 N–H and O–H groups in total. The topological polar surface area (TPSA) is 81.9 Å². The summed E-state index contributed by atoms with van der Waals surface area (Å²) in [5, 5.41) is 25.1. The van der Waals surface area contributed by atoms with E-state index in [0.717, 1.165) is 5.39 Å². The number of nitrogens with zero attached hydrogens (tertiary/aromatic N) is 1. The normalized spacial score (nSPS) is 11.0. The minimum Gasteiger partial charge on any atom is -0.507 e.